The van der Waals surface area contributed by atoms with Crippen LogP contribution in [-0.4, -0.2) is 31.7 Å². The molecule has 0 spiro atoms. The second-order valence-corrected chi connectivity index (χ2v) is 3.86. The number of halogens is 1. The van der Waals surface area contributed by atoms with Gasteiger partial charge >= 0.3 is 0 Å². The van der Waals surface area contributed by atoms with E-state index >= 15 is 0 Å². The summed E-state index contributed by atoms with van der Waals surface area (Å²) in [5.41, 5.74) is 0.854. The van der Waals surface area contributed by atoms with Gasteiger partial charge in [0.05, 0.1) is 18.9 Å². The highest BCUT2D eigenvalue weighted by Gasteiger charge is 2.20. The van der Waals surface area contributed by atoms with Crippen LogP contribution in [-0.2, 0) is 9.53 Å². The average molecular weight is 249 g/mol. The van der Waals surface area contributed by atoms with Crippen LogP contribution in [0.25, 0.3) is 0 Å². The molecular weight excluding hydrogens is 236 g/mol. The predicted molar refractivity (Wildman–Crippen MR) is 62.8 cm³/mol. The maximum absolute atomic E-state index is 11.6. The number of rotatable bonds is 2. The first kappa shape index (κ1) is 12.4. The first-order valence-corrected chi connectivity index (χ1v) is 5.45. The molecule has 0 saturated carbocycles. The molecule has 1 aromatic rings. The number of ether oxygens (including phenoxy) is 1. The van der Waals surface area contributed by atoms with Crippen molar-refractivity contribution in [1.29, 1.82) is 0 Å². The minimum atomic E-state index is -0.219. The topological polar surface area (TPSA) is 50.4 Å². The van der Waals surface area contributed by atoms with E-state index in [4.69, 9.17) is 4.74 Å². The molecule has 6 heteroatoms. The molecule has 4 nitrogen and oxygen atoms in total. The largest absolute Gasteiger partial charge is 0.378 e. The van der Waals surface area contributed by atoms with Gasteiger partial charge in [0.15, 0.2) is 0 Å². The van der Waals surface area contributed by atoms with Crippen molar-refractivity contribution >= 4 is 35.3 Å². The monoisotopic (exact) mass is 248 g/mol. The molecule has 2 heterocycles. The number of thiophene rings is 1. The first-order chi connectivity index (χ1) is 6.86. The number of carbonyl (C=O) groups excluding carboxylic acids is 1. The van der Waals surface area contributed by atoms with E-state index < -0.39 is 0 Å². The van der Waals surface area contributed by atoms with Crippen molar-refractivity contribution in [3.8, 4) is 0 Å². The highest BCUT2D eigenvalue weighted by molar-refractivity contribution is 7.08. The second-order valence-electron chi connectivity index (χ2n) is 3.08. The van der Waals surface area contributed by atoms with Crippen LogP contribution in [0.3, 0.4) is 0 Å². The summed E-state index contributed by atoms with van der Waals surface area (Å²) in [4.78, 5) is 11.6. The lowest BCUT2D eigenvalue weighted by atomic mass is 10.2. The van der Waals surface area contributed by atoms with Gasteiger partial charge in [0.1, 0.15) is 6.04 Å². The lowest BCUT2D eigenvalue weighted by molar-refractivity contribution is -0.120. The number of hydrogen-bond acceptors (Lipinski definition) is 4. The van der Waals surface area contributed by atoms with Crippen molar-refractivity contribution in [2.24, 2.45) is 0 Å². The van der Waals surface area contributed by atoms with Crippen molar-refractivity contribution < 1.29 is 9.53 Å². The molecule has 1 aromatic heterocycles. The summed E-state index contributed by atoms with van der Waals surface area (Å²) in [7, 11) is 0. The summed E-state index contributed by atoms with van der Waals surface area (Å²) in [6, 6.07) is 1.66. The maximum atomic E-state index is 11.6. The molecule has 1 aliphatic heterocycles. The van der Waals surface area contributed by atoms with Gasteiger partial charge in [0.2, 0.25) is 5.91 Å². The minimum Gasteiger partial charge on any atom is -0.378 e. The standard InChI is InChI=1S/C9H12N2O2S.ClH/c12-9(8-5-13-3-2-10-8)11-7-1-4-14-6-7;/h1,4,6,8,10H,2-3,5H2,(H,11,12);1H. The molecule has 2 rings (SSSR count). The SMILES string of the molecule is Cl.O=C(Nc1ccsc1)C1COCCN1. The molecule has 1 amide bonds. The Bertz CT molecular complexity index is 299. The first-order valence-electron chi connectivity index (χ1n) is 4.50. The van der Waals surface area contributed by atoms with E-state index in [-0.39, 0.29) is 24.4 Å². The van der Waals surface area contributed by atoms with Crippen LogP contribution < -0.4 is 10.6 Å². The molecule has 1 fully saturated rings. The number of amides is 1. The molecular formula is C9H13ClN2O2S. The van der Waals surface area contributed by atoms with E-state index in [0.29, 0.717) is 13.2 Å². The van der Waals surface area contributed by atoms with Crippen LogP contribution in [0.15, 0.2) is 16.8 Å². The zero-order chi connectivity index (χ0) is 9.80. The van der Waals surface area contributed by atoms with Gasteiger partial charge in [-0.3, -0.25) is 4.79 Å². The van der Waals surface area contributed by atoms with Crippen LogP contribution in [0.5, 0.6) is 0 Å². The molecule has 0 aliphatic carbocycles. The van der Waals surface area contributed by atoms with E-state index in [1.54, 1.807) is 11.3 Å². The van der Waals surface area contributed by atoms with Crippen molar-refractivity contribution in [1.82, 2.24) is 5.32 Å². The van der Waals surface area contributed by atoms with Crippen molar-refractivity contribution in [3.63, 3.8) is 0 Å². The van der Waals surface area contributed by atoms with Gasteiger partial charge in [-0.25, -0.2) is 0 Å². The van der Waals surface area contributed by atoms with Gasteiger partial charge in [-0.2, -0.15) is 11.3 Å². The van der Waals surface area contributed by atoms with Gasteiger partial charge in [0, 0.05) is 11.9 Å². The molecule has 0 bridgehead atoms. The molecule has 84 valence electrons. The quantitative estimate of drug-likeness (QED) is 0.824. The van der Waals surface area contributed by atoms with Gasteiger partial charge < -0.3 is 15.4 Å². The Morgan fingerprint density at radius 3 is 3.13 bits per heavy atom. The molecule has 1 unspecified atom stereocenters. The lowest BCUT2D eigenvalue weighted by Gasteiger charge is -2.22. The summed E-state index contributed by atoms with van der Waals surface area (Å²) in [6.45, 7) is 1.87. The second kappa shape index (κ2) is 6.07. The predicted octanol–water partition coefficient (Wildman–Crippen LogP) is 1.10. The molecule has 2 N–H and O–H groups in total. The Balaban J connectivity index is 0.00000112. The normalized spacial score (nSPS) is 20.4. The van der Waals surface area contributed by atoms with Crippen molar-refractivity contribution in [3.05, 3.63) is 16.8 Å². The summed E-state index contributed by atoms with van der Waals surface area (Å²) < 4.78 is 5.20. The van der Waals surface area contributed by atoms with Gasteiger partial charge in [-0.15, -0.1) is 12.4 Å². The van der Waals surface area contributed by atoms with Gasteiger partial charge in [0.25, 0.3) is 0 Å². The number of morpholine rings is 1. The van der Waals surface area contributed by atoms with E-state index in [0.717, 1.165) is 12.2 Å². The number of nitrogens with one attached hydrogen (secondary N) is 2. The molecule has 15 heavy (non-hydrogen) atoms. The van der Waals surface area contributed by atoms with Crippen LogP contribution in [0, 0.1) is 0 Å². The third kappa shape index (κ3) is 3.46. The third-order valence-electron chi connectivity index (χ3n) is 2.03. The van der Waals surface area contributed by atoms with Crippen LogP contribution in [0.2, 0.25) is 0 Å². The number of hydrogen-bond donors (Lipinski definition) is 2. The highest BCUT2D eigenvalue weighted by atomic mass is 35.5. The molecule has 1 saturated heterocycles. The summed E-state index contributed by atoms with van der Waals surface area (Å²) in [5, 5.41) is 9.75. The minimum absolute atomic E-state index is 0. The van der Waals surface area contributed by atoms with Crippen molar-refractivity contribution in [2.75, 3.05) is 25.1 Å². The molecule has 0 aromatic carbocycles. The fraction of sp³-hybridized carbons (Fsp3) is 0.444. The summed E-state index contributed by atoms with van der Waals surface area (Å²) in [6.07, 6.45) is 0. The van der Waals surface area contributed by atoms with Crippen LogP contribution >= 0.6 is 23.7 Å². The lowest BCUT2D eigenvalue weighted by Crippen LogP contribution is -2.48. The maximum Gasteiger partial charge on any atom is 0.243 e. The smallest absolute Gasteiger partial charge is 0.243 e. The van der Waals surface area contributed by atoms with Crippen LogP contribution in [0.4, 0.5) is 5.69 Å². The Morgan fingerprint density at radius 2 is 2.53 bits per heavy atom. The molecule has 0 radical (unpaired) electrons. The van der Waals surface area contributed by atoms with Crippen molar-refractivity contribution in [2.45, 2.75) is 6.04 Å². The average Bonchev–Trinajstić information content (AvgIpc) is 2.72. The zero-order valence-corrected chi connectivity index (χ0v) is 9.70. The van der Waals surface area contributed by atoms with Crippen LogP contribution in [0.1, 0.15) is 0 Å². The number of anilines is 1. The van der Waals surface area contributed by atoms with Gasteiger partial charge in [-0.05, 0) is 11.4 Å². The van der Waals surface area contributed by atoms with Gasteiger partial charge in [-0.1, -0.05) is 0 Å². The van der Waals surface area contributed by atoms with E-state index in [1.807, 2.05) is 16.8 Å². The Labute approximate surface area is 98.4 Å². The highest BCUT2D eigenvalue weighted by Crippen LogP contribution is 2.12. The molecule has 1 aliphatic rings. The number of carbonyl (C=O) groups is 1. The Hall–Kier alpha value is -0.620. The summed E-state index contributed by atoms with van der Waals surface area (Å²) in [5.74, 6) is -0.0249. The zero-order valence-electron chi connectivity index (χ0n) is 8.06. The fourth-order valence-corrected chi connectivity index (χ4v) is 1.89. The Morgan fingerprint density at radius 1 is 1.67 bits per heavy atom. The third-order valence-corrected chi connectivity index (χ3v) is 2.71. The summed E-state index contributed by atoms with van der Waals surface area (Å²) >= 11 is 1.56. The van der Waals surface area contributed by atoms with E-state index in [1.165, 1.54) is 0 Å². The van der Waals surface area contributed by atoms with E-state index in [9.17, 15) is 4.79 Å². The van der Waals surface area contributed by atoms with E-state index in [2.05, 4.69) is 10.6 Å². The Kier molecular flexibility index (Phi) is 5.04. The molecule has 1 atom stereocenters. The fourth-order valence-electron chi connectivity index (χ4n) is 1.30.